The van der Waals surface area contributed by atoms with E-state index in [0.29, 0.717) is 24.6 Å². The molecule has 158 valence electrons. The van der Waals surface area contributed by atoms with E-state index in [-0.39, 0.29) is 4.90 Å². The number of aliphatic imine (C=N–C) groups is 1. The molecule has 6 nitrogen and oxygen atoms in total. The smallest absolute Gasteiger partial charge is 0.352 e. The van der Waals surface area contributed by atoms with Crippen molar-refractivity contribution in [3.8, 4) is 0 Å². The molecule has 0 aliphatic heterocycles. The van der Waals surface area contributed by atoms with Gasteiger partial charge >= 0.3 is 6.18 Å². The molecule has 0 fully saturated rings. The predicted octanol–water partition coefficient (Wildman–Crippen LogP) is 2.82. The van der Waals surface area contributed by atoms with Crippen LogP contribution in [0.3, 0.4) is 0 Å². The molecule has 0 saturated heterocycles. The number of hydrogen-bond donors (Lipinski definition) is 2. The normalized spacial score (nSPS) is 12.7. The van der Waals surface area contributed by atoms with Crippen LogP contribution in [-0.2, 0) is 29.3 Å². The van der Waals surface area contributed by atoms with Crippen LogP contribution < -0.4 is 10.0 Å². The average molecular weight is 428 g/mol. The first-order chi connectivity index (χ1) is 13.6. The van der Waals surface area contributed by atoms with Gasteiger partial charge in [-0.2, -0.15) is 13.2 Å². The summed E-state index contributed by atoms with van der Waals surface area (Å²) in [6.45, 7) is 0.684. The minimum atomic E-state index is -4.36. The Morgan fingerprint density at radius 1 is 1.10 bits per heavy atom. The fourth-order valence-electron chi connectivity index (χ4n) is 2.65. The lowest BCUT2D eigenvalue weighted by molar-refractivity contribution is -0.137. The third-order valence-electron chi connectivity index (χ3n) is 4.20. The van der Waals surface area contributed by atoms with Crippen LogP contribution >= 0.6 is 0 Å². The zero-order chi connectivity index (χ0) is 21.7. The molecule has 2 aromatic carbocycles. The lowest BCUT2D eigenvalue weighted by Gasteiger charge is -2.22. The second-order valence-electron chi connectivity index (χ2n) is 6.31. The maximum Gasteiger partial charge on any atom is 0.416 e. The number of sulfonamides is 1. The molecule has 0 saturated carbocycles. The number of halogens is 3. The van der Waals surface area contributed by atoms with Gasteiger partial charge in [0.1, 0.15) is 0 Å². The quantitative estimate of drug-likeness (QED) is 0.548. The topological polar surface area (TPSA) is 73.8 Å². The van der Waals surface area contributed by atoms with Gasteiger partial charge in [-0.3, -0.25) is 4.99 Å². The second kappa shape index (κ2) is 9.27. The van der Waals surface area contributed by atoms with E-state index in [1.165, 1.54) is 25.2 Å². The van der Waals surface area contributed by atoms with Crippen molar-refractivity contribution in [3.05, 3.63) is 65.2 Å². The monoisotopic (exact) mass is 428 g/mol. The summed E-state index contributed by atoms with van der Waals surface area (Å²) in [5.41, 5.74) is 0.749. The minimum Gasteiger partial charge on any atom is -0.352 e. The lowest BCUT2D eigenvalue weighted by Crippen LogP contribution is -2.38. The van der Waals surface area contributed by atoms with E-state index in [4.69, 9.17) is 0 Å². The van der Waals surface area contributed by atoms with Crippen molar-refractivity contribution < 1.29 is 21.6 Å². The van der Waals surface area contributed by atoms with Crippen molar-refractivity contribution in [2.24, 2.45) is 4.99 Å². The molecule has 2 N–H and O–H groups in total. The molecule has 0 atom stereocenters. The summed E-state index contributed by atoms with van der Waals surface area (Å²) in [5.74, 6) is 0.520. The van der Waals surface area contributed by atoms with Gasteiger partial charge < -0.3 is 10.2 Å². The fourth-order valence-corrected chi connectivity index (χ4v) is 3.45. The van der Waals surface area contributed by atoms with E-state index >= 15 is 0 Å². The van der Waals surface area contributed by atoms with Gasteiger partial charge in [0.25, 0.3) is 0 Å². The van der Waals surface area contributed by atoms with Crippen molar-refractivity contribution in [2.75, 3.05) is 21.1 Å². The van der Waals surface area contributed by atoms with Crippen molar-refractivity contribution in [3.63, 3.8) is 0 Å². The Bertz CT molecular complexity index is 958. The van der Waals surface area contributed by atoms with Gasteiger partial charge in [0.05, 0.1) is 10.5 Å². The number of hydrogen-bond acceptors (Lipinski definition) is 3. The molecule has 0 aliphatic rings. The van der Waals surface area contributed by atoms with Crippen LogP contribution in [0.15, 0.2) is 58.4 Å². The number of nitrogens with one attached hydrogen (secondary N) is 2. The van der Waals surface area contributed by atoms with Crippen molar-refractivity contribution in [1.29, 1.82) is 0 Å². The van der Waals surface area contributed by atoms with Crippen molar-refractivity contribution in [2.45, 2.75) is 24.2 Å². The standard InChI is InChI=1S/C19H23F3N4O2S/c1-23-18(25-12-15-5-4-6-17(11-15)29(27,28)24-2)26(3)13-14-7-9-16(10-8-14)19(20,21)22/h4-11,24H,12-13H2,1-3H3,(H,23,25). The zero-order valence-corrected chi connectivity index (χ0v) is 17.1. The Labute approximate surface area is 168 Å². The molecule has 0 spiro atoms. The first-order valence-corrected chi connectivity index (χ1v) is 10.2. The van der Waals surface area contributed by atoms with Gasteiger partial charge in [-0.15, -0.1) is 0 Å². The Hall–Kier alpha value is -2.59. The molecule has 2 rings (SSSR count). The highest BCUT2D eigenvalue weighted by Gasteiger charge is 2.29. The van der Waals surface area contributed by atoms with Gasteiger partial charge in [0, 0.05) is 27.2 Å². The van der Waals surface area contributed by atoms with Crippen molar-refractivity contribution >= 4 is 16.0 Å². The third kappa shape index (κ3) is 6.20. The highest BCUT2D eigenvalue weighted by atomic mass is 32.2. The van der Waals surface area contributed by atoms with E-state index < -0.39 is 21.8 Å². The molecular formula is C19H23F3N4O2S. The van der Waals surface area contributed by atoms with Gasteiger partial charge in [-0.25, -0.2) is 13.1 Å². The van der Waals surface area contributed by atoms with Crippen LogP contribution in [0.5, 0.6) is 0 Å². The largest absolute Gasteiger partial charge is 0.416 e. The van der Waals surface area contributed by atoms with Gasteiger partial charge in [0.2, 0.25) is 10.0 Å². The average Bonchev–Trinajstić information content (AvgIpc) is 2.68. The van der Waals surface area contributed by atoms with Crippen LogP contribution in [0, 0.1) is 0 Å². The van der Waals surface area contributed by atoms with Crippen LogP contribution in [-0.4, -0.2) is 40.4 Å². The van der Waals surface area contributed by atoms with Gasteiger partial charge in [-0.05, 0) is 42.4 Å². The van der Waals surface area contributed by atoms with E-state index in [2.05, 4.69) is 15.0 Å². The first kappa shape index (κ1) is 22.7. The number of benzene rings is 2. The molecule has 10 heteroatoms. The summed E-state index contributed by atoms with van der Waals surface area (Å²) in [6, 6.07) is 11.4. The summed E-state index contributed by atoms with van der Waals surface area (Å²) in [5, 5.41) is 3.12. The molecule has 0 heterocycles. The summed E-state index contributed by atoms with van der Waals surface area (Å²) in [6.07, 6.45) is -4.36. The molecule has 0 amide bonds. The van der Waals surface area contributed by atoms with Gasteiger partial charge in [-0.1, -0.05) is 24.3 Å². The minimum absolute atomic E-state index is 0.160. The van der Waals surface area contributed by atoms with Gasteiger partial charge in [0.15, 0.2) is 5.96 Å². The van der Waals surface area contributed by atoms with Crippen LogP contribution in [0.2, 0.25) is 0 Å². The highest BCUT2D eigenvalue weighted by molar-refractivity contribution is 7.89. The van der Waals surface area contributed by atoms with E-state index in [9.17, 15) is 21.6 Å². The number of nitrogens with zero attached hydrogens (tertiary/aromatic N) is 2. The molecule has 0 aliphatic carbocycles. The van der Waals surface area contributed by atoms with Crippen molar-refractivity contribution in [1.82, 2.24) is 14.9 Å². The zero-order valence-electron chi connectivity index (χ0n) is 16.3. The molecule has 0 unspecified atom stereocenters. The van der Waals surface area contributed by atoms with E-state index in [1.54, 1.807) is 37.2 Å². The summed E-state index contributed by atoms with van der Waals surface area (Å²) < 4.78 is 64.1. The Balaban J connectivity index is 2.02. The number of guanidine groups is 1. The predicted molar refractivity (Wildman–Crippen MR) is 106 cm³/mol. The molecular weight excluding hydrogens is 405 g/mol. The Morgan fingerprint density at radius 3 is 2.31 bits per heavy atom. The summed E-state index contributed by atoms with van der Waals surface area (Å²) in [4.78, 5) is 6.08. The summed E-state index contributed by atoms with van der Waals surface area (Å²) >= 11 is 0. The number of rotatable bonds is 6. The van der Waals surface area contributed by atoms with E-state index in [1.807, 2.05) is 0 Å². The number of alkyl halides is 3. The molecule has 29 heavy (non-hydrogen) atoms. The highest BCUT2D eigenvalue weighted by Crippen LogP contribution is 2.29. The van der Waals surface area contributed by atoms with E-state index in [0.717, 1.165) is 17.7 Å². The fraction of sp³-hybridized carbons (Fsp3) is 0.316. The lowest BCUT2D eigenvalue weighted by atomic mass is 10.1. The summed E-state index contributed by atoms with van der Waals surface area (Å²) in [7, 11) is 1.16. The maximum absolute atomic E-state index is 12.7. The first-order valence-electron chi connectivity index (χ1n) is 8.67. The molecule has 0 radical (unpaired) electrons. The Morgan fingerprint density at radius 2 is 1.76 bits per heavy atom. The van der Waals surface area contributed by atoms with Crippen LogP contribution in [0.4, 0.5) is 13.2 Å². The molecule has 0 bridgehead atoms. The van der Waals surface area contributed by atoms with Crippen LogP contribution in [0.1, 0.15) is 16.7 Å². The molecule has 2 aromatic rings. The second-order valence-corrected chi connectivity index (χ2v) is 8.19. The Kier molecular flexibility index (Phi) is 7.26. The molecule has 0 aromatic heterocycles. The van der Waals surface area contributed by atoms with Crippen LogP contribution in [0.25, 0.3) is 0 Å². The maximum atomic E-state index is 12.7. The SMILES string of the molecule is CN=C(NCc1cccc(S(=O)(=O)NC)c1)N(C)Cc1ccc(C(F)(F)F)cc1. The third-order valence-corrected chi connectivity index (χ3v) is 5.61.